The number of aromatic amines is 2. The minimum Gasteiger partial charge on any atom is -0.508 e. The van der Waals surface area contributed by atoms with E-state index >= 15 is 0 Å². The van der Waals surface area contributed by atoms with Crippen molar-refractivity contribution in [3.05, 3.63) is 93.9 Å². The molecule has 5 nitrogen and oxygen atoms in total. The summed E-state index contributed by atoms with van der Waals surface area (Å²) in [6, 6.07) is 13.6. The molecule has 0 atom stereocenters. The molecule has 3 N–H and O–H groups in total. The van der Waals surface area contributed by atoms with Gasteiger partial charge in [-0.1, -0.05) is 31.9 Å². The molecule has 0 saturated carbocycles. The van der Waals surface area contributed by atoms with E-state index in [0.717, 1.165) is 52.7 Å². The third-order valence-electron chi connectivity index (χ3n) is 5.82. The second-order valence-electron chi connectivity index (χ2n) is 8.31. The summed E-state index contributed by atoms with van der Waals surface area (Å²) in [5.41, 5.74) is 8.51. The number of rotatable bonds is 9. The number of hydrogen-bond acceptors (Lipinski definition) is 3. The van der Waals surface area contributed by atoms with Crippen molar-refractivity contribution in [3.8, 4) is 5.75 Å². The molecule has 3 heterocycles. The van der Waals surface area contributed by atoms with Gasteiger partial charge in [0.1, 0.15) is 17.2 Å². The van der Waals surface area contributed by atoms with Crippen LogP contribution in [0.15, 0.2) is 65.0 Å². The SMILES string of the molecule is CCCCCc1cc(/C=C2\N=C(c3ccc(Cc4ccc(O)cc4)[nH]3)C=C2OC)[nH]c1C.Cl. The number of nitrogens with zero attached hydrogens (tertiary/aromatic N) is 1. The van der Waals surface area contributed by atoms with Gasteiger partial charge >= 0.3 is 0 Å². The number of allylic oxidation sites excluding steroid dienone is 1. The Morgan fingerprint density at radius 1 is 1.06 bits per heavy atom. The van der Waals surface area contributed by atoms with Crippen molar-refractivity contribution >= 4 is 24.2 Å². The van der Waals surface area contributed by atoms with Gasteiger partial charge in [0, 0.05) is 29.6 Å². The molecule has 0 bridgehead atoms. The van der Waals surface area contributed by atoms with Crippen LogP contribution in [0.4, 0.5) is 0 Å². The van der Waals surface area contributed by atoms with Crippen LogP contribution in [0.25, 0.3) is 6.08 Å². The number of unbranched alkanes of at least 4 members (excludes halogenated alkanes) is 2. The first-order chi connectivity index (χ1) is 15.6. The number of aromatic hydroxyl groups is 1. The molecule has 1 aliphatic rings. The number of H-pyrrole nitrogens is 2. The Balaban J connectivity index is 0.00000306. The maximum atomic E-state index is 9.46. The van der Waals surface area contributed by atoms with E-state index in [1.54, 1.807) is 19.2 Å². The molecule has 0 saturated heterocycles. The molecule has 6 heteroatoms. The van der Waals surface area contributed by atoms with Crippen molar-refractivity contribution < 1.29 is 9.84 Å². The van der Waals surface area contributed by atoms with Gasteiger partial charge in [0.15, 0.2) is 0 Å². The second kappa shape index (κ2) is 11.1. The lowest BCUT2D eigenvalue weighted by Crippen LogP contribution is -1.96. The van der Waals surface area contributed by atoms with Crippen LogP contribution in [0.2, 0.25) is 0 Å². The number of hydrogen-bond donors (Lipinski definition) is 3. The van der Waals surface area contributed by atoms with Gasteiger partial charge in [0.25, 0.3) is 0 Å². The maximum Gasteiger partial charge on any atom is 0.146 e. The molecule has 4 rings (SSSR count). The quantitative estimate of drug-likeness (QED) is 0.316. The van der Waals surface area contributed by atoms with Crippen molar-refractivity contribution in [2.75, 3.05) is 7.11 Å². The molecule has 0 amide bonds. The monoisotopic (exact) mass is 465 g/mol. The average molecular weight is 466 g/mol. The van der Waals surface area contributed by atoms with Crippen LogP contribution in [0.5, 0.6) is 5.75 Å². The third-order valence-corrected chi connectivity index (χ3v) is 5.82. The number of aryl methyl sites for hydroxylation is 2. The fourth-order valence-electron chi connectivity index (χ4n) is 4.03. The second-order valence-corrected chi connectivity index (χ2v) is 8.31. The maximum absolute atomic E-state index is 9.46. The topological polar surface area (TPSA) is 73.4 Å². The van der Waals surface area contributed by atoms with Gasteiger partial charge in [0.2, 0.25) is 0 Å². The van der Waals surface area contributed by atoms with E-state index in [-0.39, 0.29) is 18.2 Å². The number of halogens is 1. The molecule has 3 aromatic rings. The van der Waals surface area contributed by atoms with Gasteiger partial charge < -0.3 is 19.8 Å². The van der Waals surface area contributed by atoms with Crippen LogP contribution in [0, 0.1) is 6.92 Å². The van der Waals surface area contributed by atoms with E-state index in [1.165, 1.54) is 30.5 Å². The smallest absolute Gasteiger partial charge is 0.146 e. The van der Waals surface area contributed by atoms with E-state index in [4.69, 9.17) is 9.73 Å². The Morgan fingerprint density at radius 3 is 2.58 bits per heavy atom. The zero-order valence-corrected chi connectivity index (χ0v) is 20.3. The van der Waals surface area contributed by atoms with Crippen molar-refractivity contribution in [1.29, 1.82) is 0 Å². The normalized spacial score (nSPS) is 14.2. The fraction of sp³-hybridized carbons (Fsp3) is 0.296. The van der Waals surface area contributed by atoms with E-state index < -0.39 is 0 Å². The average Bonchev–Trinajstić information content (AvgIpc) is 3.49. The highest BCUT2D eigenvalue weighted by atomic mass is 35.5. The number of aliphatic imine (C=N–C) groups is 1. The van der Waals surface area contributed by atoms with Crippen LogP contribution in [-0.4, -0.2) is 27.9 Å². The van der Waals surface area contributed by atoms with Gasteiger partial charge in [-0.15, -0.1) is 12.4 Å². The summed E-state index contributed by atoms with van der Waals surface area (Å²) in [6.07, 6.45) is 9.60. The highest BCUT2D eigenvalue weighted by molar-refractivity contribution is 6.11. The van der Waals surface area contributed by atoms with Crippen molar-refractivity contribution in [3.63, 3.8) is 0 Å². The summed E-state index contributed by atoms with van der Waals surface area (Å²) in [6.45, 7) is 4.36. The summed E-state index contributed by atoms with van der Waals surface area (Å²) in [5.74, 6) is 1.04. The lowest BCUT2D eigenvalue weighted by atomic mass is 10.1. The lowest BCUT2D eigenvalue weighted by Gasteiger charge is -2.00. The Morgan fingerprint density at radius 2 is 1.85 bits per heavy atom. The van der Waals surface area contributed by atoms with E-state index in [2.05, 4.69) is 42.0 Å². The predicted octanol–water partition coefficient (Wildman–Crippen LogP) is 6.48. The molecule has 0 spiro atoms. The number of phenols is 1. The molecule has 0 fully saturated rings. The van der Waals surface area contributed by atoms with Crippen molar-refractivity contribution in [2.24, 2.45) is 4.99 Å². The summed E-state index contributed by atoms with van der Waals surface area (Å²) in [5, 5.41) is 9.46. The zero-order chi connectivity index (χ0) is 22.5. The minimum atomic E-state index is 0. The number of benzene rings is 1. The molecule has 1 aromatic carbocycles. The number of nitrogens with one attached hydrogen (secondary N) is 2. The standard InChI is InChI=1S/C27H31N3O2.ClH/c1-4-5-6-7-20-15-22(28-18(20)2)16-26-27(32-3)17-25(30-26)24-13-10-21(29-24)14-19-8-11-23(31)12-9-19;/h8-13,15-17,28-29,31H,4-7,14H2,1-3H3;1H/b26-16-;. The Labute approximate surface area is 201 Å². The van der Waals surface area contributed by atoms with Crippen LogP contribution in [-0.2, 0) is 17.6 Å². The predicted molar refractivity (Wildman–Crippen MR) is 137 cm³/mol. The van der Waals surface area contributed by atoms with Crippen LogP contribution in [0.1, 0.15) is 60.1 Å². The third kappa shape index (κ3) is 5.99. The minimum absolute atomic E-state index is 0. The van der Waals surface area contributed by atoms with E-state index in [1.807, 2.05) is 24.3 Å². The molecule has 33 heavy (non-hydrogen) atoms. The van der Waals surface area contributed by atoms with Gasteiger partial charge in [0.05, 0.1) is 18.5 Å². The Kier molecular flexibility index (Phi) is 8.23. The van der Waals surface area contributed by atoms with Crippen LogP contribution >= 0.6 is 12.4 Å². The molecular formula is C27H32ClN3O2. The summed E-state index contributed by atoms with van der Waals surface area (Å²) < 4.78 is 5.60. The zero-order valence-electron chi connectivity index (χ0n) is 19.4. The van der Waals surface area contributed by atoms with Crippen LogP contribution in [0.3, 0.4) is 0 Å². The molecule has 0 aliphatic carbocycles. The van der Waals surface area contributed by atoms with Gasteiger partial charge in [-0.05, 0) is 67.3 Å². The molecule has 0 unspecified atom stereocenters. The summed E-state index contributed by atoms with van der Waals surface area (Å²) in [4.78, 5) is 11.8. The van der Waals surface area contributed by atoms with Gasteiger partial charge in [-0.3, -0.25) is 0 Å². The molecule has 0 radical (unpaired) electrons. The highest BCUT2D eigenvalue weighted by Crippen LogP contribution is 2.26. The number of aromatic nitrogens is 2. The molecular weight excluding hydrogens is 434 g/mol. The molecule has 174 valence electrons. The first kappa shape index (κ1) is 24.5. The van der Waals surface area contributed by atoms with Gasteiger partial charge in [-0.25, -0.2) is 4.99 Å². The fourth-order valence-corrected chi connectivity index (χ4v) is 4.03. The molecule has 1 aliphatic heterocycles. The summed E-state index contributed by atoms with van der Waals surface area (Å²) >= 11 is 0. The van der Waals surface area contributed by atoms with Gasteiger partial charge in [-0.2, -0.15) is 0 Å². The summed E-state index contributed by atoms with van der Waals surface area (Å²) in [7, 11) is 1.68. The largest absolute Gasteiger partial charge is 0.508 e. The highest BCUT2D eigenvalue weighted by Gasteiger charge is 2.18. The lowest BCUT2D eigenvalue weighted by molar-refractivity contribution is 0.303. The number of methoxy groups -OCH3 is 1. The Bertz CT molecular complexity index is 1170. The first-order valence-corrected chi connectivity index (χ1v) is 11.3. The first-order valence-electron chi connectivity index (χ1n) is 11.3. The number of phenolic OH excluding ortho intramolecular Hbond substituents is 1. The number of ether oxygens (including phenoxy) is 1. The van der Waals surface area contributed by atoms with E-state index in [0.29, 0.717) is 0 Å². The van der Waals surface area contributed by atoms with Crippen molar-refractivity contribution in [1.82, 2.24) is 9.97 Å². The Hall–Kier alpha value is -3.18. The van der Waals surface area contributed by atoms with Crippen molar-refractivity contribution in [2.45, 2.75) is 46.0 Å². The van der Waals surface area contributed by atoms with E-state index in [9.17, 15) is 5.11 Å². The van der Waals surface area contributed by atoms with Crippen LogP contribution < -0.4 is 0 Å². The molecule has 2 aromatic heterocycles.